The quantitative estimate of drug-likeness (QED) is 0.880. The van der Waals surface area contributed by atoms with Crippen molar-refractivity contribution in [2.75, 3.05) is 6.54 Å². The molecule has 1 unspecified atom stereocenters. The van der Waals surface area contributed by atoms with Crippen LogP contribution >= 0.6 is 0 Å². The number of halogens is 1. The zero-order chi connectivity index (χ0) is 13.0. The van der Waals surface area contributed by atoms with Gasteiger partial charge in [-0.3, -0.25) is 0 Å². The summed E-state index contributed by atoms with van der Waals surface area (Å²) in [5.41, 5.74) is 4.69. The van der Waals surface area contributed by atoms with Gasteiger partial charge in [-0.2, -0.15) is 0 Å². The maximum atomic E-state index is 15.0. The first-order valence-electron chi connectivity index (χ1n) is 6.14. The van der Waals surface area contributed by atoms with Crippen molar-refractivity contribution in [2.24, 2.45) is 5.73 Å². The lowest BCUT2D eigenvalue weighted by atomic mass is 9.92. The van der Waals surface area contributed by atoms with Gasteiger partial charge in [0.2, 0.25) is 0 Å². The number of benzene rings is 1. The van der Waals surface area contributed by atoms with E-state index in [-0.39, 0.29) is 13.0 Å². The molecule has 0 saturated carbocycles. The molecule has 0 spiro atoms. The summed E-state index contributed by atoms with van der Waals surface area (Å²) < 4.78 is 16.9. The Balaban J connectivity index is 2.29. The molecular formula is C14H18FN3. The number of nitrogens with zero attached hydrogens (tertiary/aromatic N) is 2. The predicted octanol–water partition coefficient (Wildman–Crippen LogP) is 2.27. The second-order valence-corrected chi connectivity index (χ2v) is 4.34. The van der Waals surface area contributed by atoms with Gasteiger partial charge in [-0.1, -0.05) is 30.3 Å². The molecule has 0 aliphatic heterocycles. The molecule has 96 valence electrons. The molecule has 2 aromatic rings. The van der Waals surface area contributed by atoms with E-state index in [2.05, 4.69) is 4.98 Å². The van der Waals surface area contributed by atoms with Crippen LogP contribution in [0.25, 0.3) is 0 Å². The van der Waals surface area contributed by atoms with Gasteiger partial charge in [0.15, 0.2) is 5.67 Å². The van der Waals surface area contributed by atoms with Gasteiger partial charge in [0, 0.05) is 31.9 Å². The Morgan fingerprint density at radius 2 is 2.06 bits per heavy atom. The molecule has 4 heteroatoms. The molecule has 18 heavy (non-hydrogen) atoms. The van der Waals surface area contributed by atoms with Crippen LogP contribution in [-0.2, 0) is 18.6 Å². The summed E-state index contributed by atoms with van der Waals surface area (Å²) in [4.78, 5) is 4.21. The van der Waals surface area contributed by atoms with Crippen molar-refractivity contribution >= 4 is 0 Å². The molecule has 1 atom stereocenters. The number of alkyl halides is 1. The fourth-order valence-electron chi connectivity index (χ4n) is 2.07. The maximum Gasteiger partial charge on any atom is 0.155 e. The number of imidazole rings is 1. The molecule has 0 radical (unpaired) electrons. The summed E-state index contributed by atoms with van der Waals surface area (Å²) >= 11 is 0. The summed E-state index contributed by atoms with van der Waals surface area (Å²) in [5, 5.41) is 0. The first-order valence-corrected chi connectivity index (χ1v) is 6.14. The van der Waals surface area contributed by atoms with Gasteiger partial charge in [-0.05, 0) is 12.5 Å². The summed E-state index contributed by atoms with van der Waals surface area (Å²) in [6.45, 7) is 2.74. The van der Waals surface area contributed by atoms with Crippen molar-refractivity contribution in [3.63, 3.8) is 0 Å². The van der Waals surface area contributed by atoms with Crippen LogP contribution in [-0.4, -0.2) is 16.1 Å². The van der Waals surface area contributed by atoms with E-state index in [1.165, 1.54) is 0 Å². The first-order chi connectivity index (χ1) is 8.69. The number of rotatable bonds is 5. The molecule has 3 nitrogen and oxygen atoms in total. The summed E-state index contributed by atoms with van der Waals surface area (Å²) in [6.07, 6.45) is 3.76. The van der Waals surface area contributed by atoms with Crippen molar-refractivity contribution in [3.8, 4) is 0 Å². The minimum atomic E-state index is -1.56. The van der Waals surface area contributed by atoms with Crippen LogP contribution in [0.2, 0.25) is 0 Å². The molecule has 0 bridgehead atoms. The molecular weight excluding hydrogens is 229 g/mol. The van der Waals surface area contributed by atoms with Crippen molar-refractivity contribution in [3.05, 3.63) is 54.1 Å². The van der Waals surface area contributed by atoms with E-state index in [9.17, 15) is 4.39 Å². The van der Waals surface area contributed by atoms with Crippen LogP contribution in [0, 0.1) is 0 Å². The Morgan fingerprint density at radius 3 is 2.67 bits per heavy atom. The van der Waals surface area contributed by atoms with E-state index in [1.807, 2.05) is 35.9 Å². The predicted molar refractivity (Wildman–Crippen MR) is 69.9 cm³/mol. The average molecular weight is 247 g/mol. The Kier molecular flexibility index (Phi) is 3.77. The molecule has 0 fully saturated rings. The van der Waals surface area contributed by atoms with Gasteiger partial charge in [0.25, 0.3) is 0 Å². The lowest BCUT2D eigenvalue weighted by Gasteiger charge is -2.24. The average Bonchev–Trinajstić information content (AvgIpc) is 2.86. The Hall–Kier alpha value is -1.68. The van der Waals surface area contributed by atoms with Gasteiger partial charge < -0.3 is 10.3 Å². The smallest absolute Gasteiger partial charge is 0.155 e. The van der Waals surface area contributed by atoms with Crippen LogP contribution in [0.4, 0.5) is 4.39 Å². The second kappa shape index (κ2) is 5.31. The van der Waals surface area contributed by atoms with E-state index in [1.54, 1.807) is 18.3 Å². The largest absolute Gasteiger partial charge is 0.335 e. The highest BCUT2D eigenvalue weighted by Crippen LogP contribution is 2.28. The fraction of sp³-hybridized carbons (Fsp3) is 0.357. The molecule has 0 amide bonds. The van der Waals surface area contributed by atoms with Crippen LogP contribution in [0.5, 0.6) is 0 Å². The van der Waals surface area contributed by atoms with E-state index in [4.69, 9.17) is 5.73 Å². The minimum Gasteiger partial charge on any atom is -0.335 e. The molecule has 0 saturated heterocycles. The minimum absolute atomic E-state index is 0.0480. The summed E-state index contributed by atoms with van der Waals surface area (Å²) in [6, 6.07) is 9.06. The highest BCUT2D eigenvalue weighted by molar-refractivity contribution is 5.24. The number of hydrogen-bond acceptors (Lipinski definition) is 2. The summed E-state index contributed by atoms with van der Waals surface area (Å²) in [7, 11) is 0. The SMILES string of the molecule is CCn1ccnc1CC(F)(CN)c1ccccc1. The molecule has 1 aromatic carbocycles. The number of nitrogens with two attached hydrogens (primary N) is 1. The Labute approximate surface area is 106 Å². The third kappa shape index (κ3) is 2.43. The zero-order valence-electron chi connectivity index (χ0n) is 10.5. The van der Waals surface area contributed by atoms with Gasteiger partial charge in [0.05, 0.1) is 0 Å². The van der Waals surface area contributed by atoms with Crippen molar-refractivity contribution in [2.45, 2.75) is 25.6 Å². The van der Waals surface area contributed by atoms with Gasteiger partial charge in [-0.15, -0.1) is 0 Å². The van der Waals surface area contributed by atoms with Gasteiger partial charge in [-0.25, -0.2) is 9.37 Å². The van der Waals surface area contributed by atoms with Crippen molar-refractivity contribution in [1.29, 1.82) is 0 Å². The lowest BCUT2D eigenvalue weighted by Crippen LogP contribution is -2.33. The number of hydrogen-bond donors (Lipinski definition) is 1. The van der Waals surface area contributed by atoms with Crippen LogP contribution in [0.3, 0.4) is 0 Å². The molecule has 1 aromatic heterocycles. The standard InChI is InChI=1S/C14H18FN3/c1-2-18-9-8-17-13(18)10-14(15,11-16)12-6-4-3-5-7-12/h3-9H,2,10-11,16H2,1H3. The topological polar surface area (TPSA) is 43.8 Å². The number of aromatic nitrogens is 2. The van der Waals surface area contributed by atoms with Gasteiger partial charge in [0.1, 0.15) is 5.82 Å². The van der Waals surface area contributed by atoms with Crippen molar-refractivity contribution in [1.82, 2.24) is 9.55 Å². The van der Waals surface area contributed by atoms with E-state index in [0.717, 1.165) is 12.4 Å². The molecule has 2 N–H and O–H groups in total. The second-order valence-electron chi connectivity index (χ2n) is 4.34. The van der Waals surface area contributed by atoms with Gasteiger partial charge >= 0.3 is 0 Å². The van der Waals surface area contributed by atoms with Crippen LogP contribution in [0.15, 0.2) is 42.7 Å². The molecule has 0 aliphatic carbocycles. The first kappa shape index (κ1) is 12.8. The lowest BCUT2D eigenvalue weighted by molar-refractivity contribution is 0.170. The fourth-order valence-corrected chi connectivity index (χ4v) is 2.07. The van der Waals surface area contributed by atoms with Crippen LogP contribution in [0.1, 0.15) is 18.3 Å². The zero-order valence-corrected chi connectivity index (χ0v) is 10.5. The third-order valence-corrected chi connectivity index (χ3v) is 3.20. The van der Waals surface area contributed by atoms with E-state index >= 15 is 0 Å². The highest BCUT2D eigenvalue weighted by Gasteiger charge is 2.32. The number of aryl methyl sites for hydroxylation is 1. The van der Waals surface area contributed by atoms with Crippen molar-refractivity contribution < 1.29 is 4.39 Å². The maximum absolute atomic E-state index is 15.0. The normalized spacial score (nSPS) is 14.4. The van der Waals surface area contributed by atoms with Crippen LogP contribution < -0.4 is 5.73 Å². The van der Waals surface area contributed by atoms with E-state index < -0.39 is 5.67 Å². The molecule has 1 heterocycles. The monoisotopic (exact) mass is 247 g/mol. The Morgan fingerprint density at radius 1 is 1.33 bits per heavy atom. The molecule has 0 aliphatic rings. The highest BCUT2D eigenvalue weighted by atomic mass is 19.1. The molecule has 2 rings (SSSR count). The van der Waals surface area contributed by atoms with E-state index in [0.29, 0.717) is 5.56 Å². The third-order valence-electron chi connectivity index (χ3n) is 3.20. The summed E-state index contributed by atoms with van der Waals surface area (Å²) in [5.74, 6) is 0.731. The Bertz CT molecular complexity index is 495.